The predicted octanol–water partition coefficient (Wildman–Crippen LogP) is 2.81. The van der Waals surface area contributed by atoms with Crippen LogP contribution in [0.3, 0.4) is 0 Å². The molecule has 3 rings (SSSR count). The van der Waals surface area contributed by atoms with Crippen molar-refractivity contribution in [2.75, 3.05) is 0 Å². The highest BCUT2D eigenvalue weighted by Crippen LogP contribution is 2.41. The molecule has 0 aromatic carbocycles. The first-order valence-corrected chi connectivity index (χ1v) is 8.34. The van der Waals surface area contributed by atoms with Crippen molar-refractivity contribution in [3.05, 3.63) is 24.2 Å². The number of fused-ring (bicyclic) bond motifs is 1. The summed E-state index contributed by atoms with van der Waals surface area (Å²) < 4.78 is 31.1. The highest BCUT2D eigenvalue weighted by molar-refractivity contribution is 7.91. The minimum absolute atomic E-state index is 0.277. The van der Waals surface area contributed by atoms with E-state index in [-0.39, 0.29) is 6.54 Å². The lowest BCUT2D eigenvalue weighted by molar-refractivity contribution is 0.264. The molecule has 2 heterocycles. The van der Waals surface area contributed by atoms with Crippen LogP contribution in [0.1, 0.15) is 39.3 Å². The number of alkyl halides is 1. The molecule has 0 spiro atoms. The molecule has 5 nitrogen and oxygen atoms in total. The van der Waals surface area contributed by atoms with E-state index in [1.54, 1.807) is 17.1 Å². The zero-order valence-electron chi connectivity index (χ0n) is 12.9. The summed E-state index contributed by atoms with van der Waals surface area (Å²) in [5.41, 5.74) is 0.326. The lowest BCUT2D eigenvalue weighted by Crippen LogP contribution is -2.25. The van der Waals surface area contributed by atoms with E-state index >= 15 is 0 Å². The van der Waals surface area contributed by atoms with Gasteiger partial charge >= 0.3 is 0 Å². The molecular formula is C15H19FN4OS. The van der Waals surface area contributed by atoms with E-state index in [0.29, 0.717) is 18.5 Å². The van der Waals surface area contributed by atoms with Crippen molar-refractivity contribution in [2.24, 2.45) is 4.40 Å². The van der Waals surface area contributed by atoms with E-state index in [9.17, 15) is 8.94 Å². The van der Waals surface area contributed by atoms with E-state index in [2.05, 4.69) is 14.5 Å². The highest BCUT2D eigenvalue weighted by atomic mass is 32.2. The van der Waals surface area contributed by atoms with Crippen molar-refractivity contribution >= 4 is 28.5 Å². The topological polar surface area (TPSA) is 66.1 Å². The SMILES string of the molecule is CC(C)(C)[S+]([O-])N=Cc1cc2cnn(CC3(F)CC3)c2cn1. The molecule has 0 radical (unpaired) electrons. The van der Waals surface area contributed by atoms with Crippen LogP contribution in [0.2, 0.25) is 0 Å². The van der Waals surface area contributed by atoms with E-state index in [1.807, 2.05) is 26.8 Å². The molecule has 0 aliphatic heterocycles. The second kappa shape index (κ2) is 5.31. The van der Waals surface area contributed by atoms with Gasteiger partial charge in [0.2, 0.25) is 0 Å². The van der Waals surface area contributed by atoms with Crippen LogP contribution in [-0.2, 0) is 17.9 Å². The number of pyridine rings is 1. The standard InChI is InChI=1S/C15H19FN4OS/c1-14(2,3)22(21)19-8-12-6-11-7-18-20(13(11)9-17-12)10-15(16)4-5-15/h6-9H,4-5,10H2,1-3H3. The van der Waals surface area contributed by atoms with E-state index in [0.717, 1.165) is 10.9 Å². The average Bonchev–Trinajstić information content (AvgIpc) is 3.04. The van der Waals surface area contributed by atoms with Gasteiger partial charge in [-0.2, -0.15) is 5.10 Å². The van der Waals surface area contributed by atoms with Crippen LogP contribution >= 0.6 is 0 Å². The fraction of sp³-hybridized carbons (Fsp3) is 0.533. The molecule has 2 aromatic heterocycles. The monoisotopic (exact) mass is 322 g/mol. The molecular weight excluding hydrogens is 303 g/mol. The summed E-state index contributed by atoms with van der Waals surface area (Å²) in [5, 5.41) is 5.11. The quantitative estimate of drug-likeness (QED) is 0.642. The van der Waals surface area contributed by atoms with Gasteiger partial charge in [0.15, 0.2) is 0 Å². The summed E-state index contributed by atoms with van der Waals surface area (Å²) in [5.74, 6) is 0. The predicted molar refractivity (Wildman–Crippen MR) is 86.1 cm³/mol. The molecule has 1 aliphatic carbocycles. The molecule has 1 unspecified atom stereocenters. The Kier molecular flexibility index (Phi) is 3.72. The van der Waals surface area contributed by atoms with Crippen molar-refractivity contribution in [2.45, 2.75) is 50.6 Å². The van der Waals surface area contributed by atoms with Crippen LogP contribution in [0, 0.1) is 0 Å². The second-order valence-corrected chi connectivity index (χ2v) is 8.65. The Bertz CT molecular complexity index is 718. The Morgan fingerprint density at radius 1 is 1.45 bits per heavy atom. The third-order valence-electron chi connectivity index (χ3n) is 3.58. The molecule has 118 valence electrons. The Labute approximate surface area is 132 Å². The first kappa shape index (κ1) is 15.4. The van der Waals surface area contributed by atoms with Gasteiger partial charge in [0, 0.05) is 5.39 Å². The number of aromatic nitrogens is 3. The number of hydrogen-bond donors (Lipinski definition) is 0. The van der Waals surface area contributed by atoms with Gasteiger partial charge in [-0.15, -0.1) is 0 Å². The molecule has 1 fully saturated rings. The van der Waals surface area contributed by atoms with Gasteiger partial charge in [-0.1, -0.05) is 4.40 Å². The highest BCUT2D eigenvalue weighted by Gasteiger charge is 2.44. The number of nitrogens with zero attached hydrogens (tertiary/aromatic N) is 4. The van der Waals surface area contributed by atoms with Crippen LogP contribution in [-0.4, -0.2) is 35.9 Å². The largest absolute Gasteiger partial charge is 0.591 e. The lowest BCUT2D eigenvalue weighted by atomic mass is 10.3. The Hall–Kier alpha value is -1.47. The van der Waals surface area contributed by atoms with E-state index in [4.69, 9.17) is 0 Å². The molecule has 2 aromatic rings. The molecule has 0 saturated heterocycles. The van der Waals surface area contributed by atoms with Crippen molar-refractivity contribution in [1.82, 2.24) is 14.8 Å². The maximum absolute atomic E-state index is 13.9. The fourth-order valence-corrected chi connectivity index (χ4v) is 2.53. The van der Waals surface area contributed by atoms with E-state index in [1.165, 1.54) is 6.21 Å². The number of rotatable bonds is 4. The summed E-state index contributed by atoms with van der Waals surface area (Å²) in [7, 11) is 0. The maximum Gasteiger partial charge on any atom is 0.144 e. The molecule has 22 heavy (non-hydrogen) atoms. The van der Waals surface area contributed by atoms with E-state index < -0.39 is 21.8 Å². The molecule has 0 N–H and O–H groups in total. The normalized spacial score (nSPS) is 19.0. The molecule has 7 heteroatoms. The van der Waals surface area contributed by atoms with Gasteiger partial charge < -0.3 is 4.55 Å². The third-order valence-corrected chi connectivity index (χ3v) is 4.92. The minimum atomic E-state index is -1.31. The van der Waals surface area contributed by atoms with Gasteiger partial charge in [0.25, 0.3) is 0 Å². The Morgan fingerprint density at radius 2 is 2.18 bits per heavy atom. The first-order valence-electron chi connectivity index (χ1n) is 7.23. The molecule has 0 amide bonds. The zero-order valence-corrected chi connectivity index (χ0v) is 13.7. The van der Waals surface area contributed by atoms with Crippen LogP contribution in [0.15, 0.2) is 22.9 Å². The van der Waals surface area contributed by atoms with Crippen LogP contribution in [0.25, 0.3) is 10.9 Å². The minimum Gasteiger partial charge on any atom is -0.591 e. The van der Waals surface area contributed by atoms with Gasteiger partial charge in [-0.25, -0.2) is 4.39 Å². The van der Waals surface area contributed by atoms with Crippen molar-refractivity contribution in [3.63, 3.8) is 0 Å². The lowest BCUT2D eigenvalue weighted by Gasteiger charge is -2.17. The van der Waals surface area contributed by atoms with Crippen molar-refractivity contribution < 1.29 is 8.94 Å². The van der Waals surface area contributed by atoms with Gasteiger partial charge in [-0.3, -0.25) is 9.67 Å². The van der Waals surface area contributed by atoms with Gasteiger partial charge in [-0.05, 0) is 39.7 Å². The van der Waals surface area contributed by atoms with Crippen molar-refractivity contribution in [1.29, 1.82) is 0 Å². The first-order chi connectivity index (χ1) is 10.3. The van der Waals surface area contributed by atoms with Crippen LogP contribution in [0.5, 0.6) is 0 Å². The smallest absolute Gasteiger partial charge is 0.144 e. The fourth-order valence-electron chi connectivity index (χ4n) is 2.01. The Balaban J connectivity index is 1.80. The molecule has 0 bridgehead atoms. The molecule has 1 saturated carbocycles. The summed E-state index contributed by atoms with van der Waals surface area (Å²) in [4.78, 5) is 4.28. The summed E-state index contributed by atoms with van der Waals surface area (Å²) in [6, 6.07) is 1.82. The zero-order chi connectivity index (χ0) is 16.0. The average molecular weight is 322 g/mol. The third kappa shape index (κ3) is 3.30. The summed E-state index contributed by atoms with van der Waals surface area (Å²) >= 11 is -1.31. The Morgan fingerprint density at radius 3 is 2.82 bits per heavy atom. The van der Waals surface area contributed by atoms with Gasteiger partial charge in [0.05, 0.1) is 30.1 Å². The van der Waals surface area contributed by atoms with Crippen LogP contribution in [0.4, 0.5) is 4.39 Å². The van der Waals surface area contributed by atoms with Crippen molar-refractivity contribution in [3.8, 4) is 0 Å². The maximum atomic E-state index is 13.9. The molecule has 1 atom stereocenters. The van der Waals surface area contributed by atoms with Gasteiger partial charge in [0.1, 0.15) is 28.0 Å². The number of halogens is 1. The molecule has 1 aliphatic rings. The summed E-state index contributed by atoms with van der Waals surface area (Å²) in [6.45, 7) is 5.88. The number of hydrogen-bond acceptors (Lipinski definition) is 4. The summed E-state index contributed by atoms with van der Waals surface area (Å²) in [6.07, 6.45) is 6.07. The van der Waals surface area contributed by atoms with Crippen LogP contribution < -0.4 is 0 Å². The second-order valence-electron chi connectivity index (χ2n) is 6.72.